The number of halogens is 1. The summed E-state index contributed by atoms with van der Waals surface area (Å²) in [7, 11) is 0. The first kappa shape index (κ1) is 13.1. The largest absolute Gasteiger partial charge is 0.370 e. The molecular formula is C17H17IO. The quantitative estimate of drug-likeness (QED) is 0.550. The van der Waals surface area contributed by atoms with Crippen molar-refractivity contribution in [2.24, 2.45) is 0 Å². The predicted molar refractivity (Wildman–Crippen MR) is 87.6 cm³/mol. The monoisotopic (exact) mass is 364 g/mol. The lowest BCUT2D eigenvalue weighted by molar-refractivity contribution is 0.0597. The van der Waals surface area contributed by atoms with Crippen LogP contribution >= 0.6 is 22.6 Å². The fraction of sp³-hybridized carbons (Fsp3) is 0.294. The van der Waals surface area contributed by atoms with Crippen molar-refractivity contribution in [2.75, 3.05) is 4.43 Å². The maximum absolute atomic E-state index is 6.03. The lowest BCUT2D eigenvalue weighted by Gasteiger charge is -2.13. The van der Waals surface area contributed by atoms with Crippen LogP contribution in [0.3, 0.4) is 0 Å². The summed E-state index contributed by atoms with van der Waals surface area (Å²) in [6, 6.07) is 19.3. The fourth-order valence-electron chi connectivity index (χ4n) is 2.59. The molecule has 1 saturated heterocycles. The van der Waals surface area contributed by atoms with Crippen LogP contribution in [0.4, 0.5) is 0 Å². The van der Waals surface area contributed by atoms with E-state index < -0.39 is 0 Å². The lowest BCUT2D eigenvalue weighted by atomic mass is 10.0. The van der Waals surface area contributed by atoms with E-state index >= 15 is 0 Å². The van der Waals surface area contributed by atoms with Gasteiger partial charge in [0.15, 0.2) is 0 Å². The Morgan fingerprint density at radius 3 is 2.21 bits per heavy atom. The van der Waals surface area contributed by atoms with Gasteiger partial charge in [-0.1, -0.05) is 77.2 Å². The number of rotatable bonds is 3. The molecule has 2 atom stereocenters. The second-order valence-electron chi connectivity index (χ2n) is 4.97. The van der Waals surface area contributed by atoms with Crippen LogP contribution in [0.25, 0.3) is 11.1 Å². The summed E-state index contributed by atoms with van der Waals surface area (Å²) >= 11 is 2.41. The first-order valence-electron chi connectivity index (χ1n) is 6.73. The molecule has 1 heterocycles. The Morgan fingerprint density at radius 1 is 0.895 bits per heavy atom. The summed E-state index contributed by atoms with van der Waals surface area (Å²) < 4.78 is 7.13. The third kappa shape index (κ3) is 3.00. The first-order valence-corrected chi connectivity index (χ1v) is 8.26. The third-order valence-electron chi connectivity index (χ3n) is 3.67. The standard InChI is InChI=1S/C17H17IO/c18-12-16-10-11-17(19-16)15-8-6-14(7-9-15)13-4-2-1-3-5-13/h1-9,16-17H,10-12H2/t16-,17-/m1/s1. The van der Waals surface area contributed by atoms with Crippen LogP contribution < -0.4 is 0 Å². The van der Waals surface area contributed by atoms with Gasteiger partial charge in [0, 0.05) is 4.43 Å². The molecule has 0 saturated carbocycles. The van der Waals surface area contributed by atoms with Gasteiger partial charge in [0.1, 0.15) is 0 Å². The molecule has 0 spiro atoms. The van der Waals surface area contributed by atoms with Gasteiger partial charge in [-0.05, 0) is 29.5 Å². The molecule has 1 aliphatic heterocycles. The minimum atomic E-state index is 0.296. The van der Waals surface area contributed by atoms with E-state index in [9.17, 15) is 0 Å². The highest BCUT2D eigenvalue weighted by atomic mass is 127. The van der Waals surface area contributed by atoms with E-state index in [2.05, 4.69) is 77.2 Å². The normalized spacial score (nSPS) is 22.6. The molecule has 2 aromatic rings. The molecule has 98 valence electrons. The molecule has 1 aliphatic rings. The molecule has 0 N–H and O–H groups in total. The number of hydrogen-bond acceptors (Lipinski definition) is 1. The van der Waals surface area contributed by atoms with Gasteiger partial charge >= 0.3 is 0 Å². The van der Waals surface area contributed by atoms with E-state index in [1.807, 2.05) is 0 Å². The Kier molecular flexibility index (Phi) is 4.18. The van der Waals surface area contributed by atoms with Crippen molar-refractivity contribution in [3.8, 4) is 11.1 Å². The molecule has 1 nitrogen and oxygen atoms in total. The highest BCUT2D eigenvalue weighted by Gasteiger charge is 2.25. The van der Waals surface area contributed by atoms with Crippen LogP contribution in [0.2, 0.25) is 0 Å². The van der Waals surface area contributed by atoms with E-state index in [4.69, 9.17) is 4.74 Å². The molecule has 0 amide bonds. The molecule has 0 aliphatic carbocycles. The van der Waals surface area contributed by atoms with Gasteiger partial charge in [-0.15, -0.1) is 0 Å². The summed E-state index contributed by atoms with van der Waals surface area (Å²) in [4.78, 5) is 0. The van der Waals surface area contributed by atoms with Gasteiger partial charge in [-0.25, -0.2) is 0 Å². The molecule has 3 rings (SSSR count). The van der Waals surface area contributed by atoms with Gasteiger partial charge in [0.2, 0.25) is 0 Å². The summed E-state index contributed by atoms with van der Waals surface area (Å²) in [5, 5.41) is 0. The fourth-order valence-corrected chi connectivity index (χ4v) is 3.23. The highest BCUT2D eigenvalue weighted by Crippen LogP contribution is 2.34. The average molecular weight is 364 g/mol. The molecule has 0 radical (unpaired) electrons. The molecule has 2 aromatic carbocycles. The van der Waals surface area contributed by atoms with Crippen molar-refractivity contribution in [3.05, 3.63) is 60.2 Å². The van der Waals surface area contributed by atoms with Crippen molar-refractivity contribution in [2.45, 2.75) is 25.0 Å². The van der Waals surface area contributed by atoms with Crippen LogP contribution in [0.15, 0.2) is 54.6 Å². The molecule has 0 unspecified atom stereocenters. The first-order chi connectivity index (χ1) is 9.36. The topological polar surface area (TPSA) is 9.23 Å². The van der Waals surface area contributed by atoms with Gasteiger partial charge < -0.3 is 4.74 Å². The van der Waals surface area contributed by atoms with E-state index in [0.717, 1.165) is 10.8 Å². The van der Waals surface area contributed by atoms with Crippen LogP contribution in [0.5, 0.6) is 0 Å². The molecule has 2 heteroatoms. The molecular weight excluding hydrogens is 347 g/mol. The second kappa shape index (κ2) is 6.06. The van der Waals surface area contributed by atoms with E-state index in [0.29, 0.717) is 12.2 Å². The zero-order valence-electron chi connectivity index (χ0n) is 10.8. The maximum atomic E-state index is 6.03. The number of hydrogen-bond donors (Lipinski definition) is 0. The van der Waals surface area contributed by atoms with Crippen molar-refractivity contribution in [3.63, 3.8) is 0 Å². The Morgan fingerprint density at radius 2 is 1.58 bits per heavy atom. The zero-order valence-corrected chi connectivity index (χ0v) is 12.9. The highest BCUT2D eigenvalue weighted by molar-refractivity contribution is 14.1. The van der Waals surface area contributed by atoms with Crippen LogP contribution in [0.1, 0.15) is 24.5 Å². The minimum Gasteiger partial charge on any atom is -0.370 e. The predicted octanol–water partition coefficient (Wildman–Crippen LogP) is 5.01. The molecule has 1 fully saturated rings. The van der Waals surface area contributed by atoms with Crippen LogP contribution in [-0.2, 0) is 4.74 Å². The summed E-state index contributed by atoms with van der Waals surface area (Å²) in [5.41, 5.74) is 3.85. The minimum absolute atomic E-state index is 0.296. The van der Waals surface area contributed by atoms with Crippen LogP contribution in [0, 0.1) is 0 Å². The number of benzene rings is 2. The van der Waals surface area contributed by atoms with Gasteiger partial charge in [-0.3, -0.25) is 0 Å². The van der Waals surface area contributed by atoms with Gasteiger partial charge in [0.05, 0.1) is 12.2 Å². The molecule has 19 heavy (non-hydrogen) atoms. The summed E-state index contributed by atoms with van der Waals surface area (Å²) in [5.74, 6) is 0. The SMILES string of the molecule is IC[C@H]1CC[C@H](c2ccc(-c3ccccc3)cc2)O1. The van der Waals surface area contributed by atoms with Crippen molar-refractivity contribution >= 4 is 22.6 Å². The smallest absolute Gasteiger partial charge is 0.0830 e. The van der Waals surface area contributed by atoms with Crippen molar-refractivity contribution in [1.82, 2.24) is 0 Å². The average Bonchev–Trinajstić information content (AvgIpc) is 2.97. The molecule has 0 aromatic heterocycles. The van der Waals surface area contributed by atoms with Crippen molar-refractivity contribution < 1.29 is 4.74 Å². The van der Waals surface area contributed by atoms with Crippen molar-refractivity contribution in [1.29, 1.82) is 0 Å². The van der Waals surface area contributed by atoms with Crippen LogP contribution in [-0.4, -0.2) is 10.5 Å². The zero-order chi connectivity index (χ0) is 13.1. The number of alkyl halides is 1. The number of ether oxygens (including phenoxy) is 1. The Hall–Kier alpha value is -0.870. The summed E-state index contributed by atoms with van der Waals surface area (Å²) in [6.45, 7) is 0. The maximum Gasteiger partial charge on any atom is 0.0830 e. The Balaban J connectivity index is 1.76. The lowest BCUT2D eigenvalue weighted by Crippen LogP contribution is -2.07. The Bertz CT molecular complexity index is 521. The van der Waals surface area contributed by atoms with Gasteiger partial charge in [-0.2, -0.15) is 0 Å². The second-order valence-corrected chi connectivity index (χ2v) is 5.85. The summed E-state index contributed by atoms with van der Waals surface area (Å²) in [6.07, 6.45) is 3.08. The Labute approximate surface area is 128 Å². The van der Waals surface area contributed by atoms with Gasteiger partial charge in [0.25, 0.3) is 0 Å². The van der Waals surface area contributed by atoms with E-state index in [1.54, 1.807) is 0 Å². The third-order valence-corrected chi connectivity index (χ3v) is 4.65. The van der Waals surface area contributed by atoms with E-state index in [1.165, 1.54) is 23.1 Å². The molecule has 0 bridgehead atoms. The van der Waals surface area contributed by atoms with E-state index in [-0.39, 0.29) is 0 Å².